The zero-order valence-corrected chi connectivity index (χ0v) is 17.7. The van der Waals surface area contributed by atoms with E-state index in [1.807, 2.05) is 55.5 Å². The number of allylic oxidation sites excluding steroid dienone is 1. The number of quaternary nitrogens is 1. The molecule has 0 saturated carbocycles. The van der Waals surface area contributed by atoms with E-state index in [0.29, 0.717) is 11.5 Å². The smallest absolute Gasteiger partial charge is 0.258 e. The Kier molecular flexibility index (Phi) is 8.30. The van der Waals surface area contributed by atoms with Crippen molar-refractivity contribution in [1.82, 2.24) is 5.32 Å². The van der Waals surface area contributed by atoms with Crippen LogP contribution in [0, 0.1) is 0 Å². The third kappa shape index (κ3) is 6.34. The second-order valence-electron chi connectivity index (χ2n) is 7.30. The maximum absolute atomic E-state index is 12.7. The third-order valence-electron chi connectivity index (χ3n) is 5.14. The average molecular weight is 412 g/mol. The lowest BCUT2D eigenvalue weighted by atomic mass is 10.1. The summed E-state index contributed by atoms with van der Waals surface area (Å²) in [5.41, 5.74) is 2.11. The summed E-state index contributed by atoms with van der Waals surface area (Å²) >= 11 is 0. The van der Waals surface area contributed by atoms with Crippen LogP contribution in [0.1, 0.15) is 24.1 Å². The normalized spacial score (nSPS) is 15.7. The minimum atomic E-state index is -0.156. The fraction of sp³-hybridized carbons (Fsp3) is 0.375. The second-order valence-corrected chi connectivity index (χ2v) is 7.30. The number of carbonyl (C=O) groups excluding carboxylic acids is 1. The molecule has 0 aromatic heterocycles. The summed E-state index contributed by atoms with van der Waals surface area (Å²) in [6.45, 7) is 6.13. The van der Waals surface area contributed by atoms with Gasteiger partial charge in [-0.1, -0.05) is 48.6 Å². The van der Waals surface area contributed by atoms with Crippen LogP contribution in [0.2, 0.25) is 0 Å². The molecule has 160 valence electrons. The highest BCUT2D eigenvalue weighted by atomic mass is 16.5. The van der Waals surface area contributed by atoms with Crippen molar-refractivity contribution in [3.8, 4) is 11.5 Å². The van der Waals surface area contributed by atoms with E-state index in [1.54, 1.807) is 7.11 Å². The van der Waals surface area contributed by atoms with Crippen LogP contribution in [0.15, 0.2) is 54.6 Å². The number of rotatable bonds is 9. The van der Waals surface area contributed by atoms with Crippen molar-refractivity contribution in [2.75, 3.05) is 46.6 Å². The Morgan fingerprint density at radius 2 is 1.93 bits per heavy atom. The molecule has 0 spiro atoms. The molecule has 1 atom stereocenters. The molecule has 1 amide bonds. The number of hydrogen-bond acceptors (Lipinski definition) is 4. The van der Waals surface area contributed by atoms with Gasteiger partial charge in [0.1, 0.15) is 25.7 Å². The molecule has 2 aromatic carbocycles. The summed E-state index contributed by atoms with van der Waals surface area (Å²) in [4.78, 5) is 14.1. The SMILES string of the molecule is C/C=C/c1ccc(OCC(=O)N[C@@H](C[NH+]2CCOCC2)c2ccccc2)c(OC)c1. The number of ether oxygens (including phenoxy) is 3. The number of carbonyl (C=O) groups is 1. The first-order chi connectivity index (χ1) is 14.7. The molecule has 1 aliphatic rings. The highest BCUT2D eigenvalue weighted by Crippen LogP contribution is 2.28. The maximum atomic E-state index is 12.7. The number of hydrogen-bond donors (Lipinski definition) is 2. The monoisotopic (exact) mass is 411 g/mol. The van der Waals surface area contributed by atoms with E-state index in [-0.39, 0.29) is 18.6 Å². The molecule has 1 aliphatic heterocycles. The molecule has 1 heterocycles. The van der Waals surface area contributed by atoms with Gasteiger partial charge in [0.15, 0.2) is 18.1 Å². The molecule has 6 heteroatoms. The minimum Gasteiger partial charge on any atom is -0.493 e. The predicted molar refractivity (Wildman–Crippen MR) is 117 cm³/mol. The lowest BCUT2D eigenvalue weighted by Crippen LogP contribution is -3.14. The summed E-state index contributed by atoms with van der Waals surface area (Å²) < 4.78 is 16.6. The summed E-state index contributed by atoms with van der Waals surface area (Å²) in [6.07, 6.45) is 3.94. The molecule has 0 radical (unpaired) electrons. The molecule has 3 rings (SSSR count). The average Bonchev–Trinajstić information content (AvgIpc) is 2.79. The molecular weight excluding hydrogens is 380 g/mol. The van der Waals surface area contributed by atoms with Crippen molar-refractivity contribution in [3.05, 3.63) is 65.7 Å². The van der Waals surface area contributed by atoms with E-state index in [0.717, 1.165) is 44.0 Å². The van der Waals surface area contributed by atoms with Gasteiger partial charge >= 0.3 is 0 Å². The van der Waals surface area contributed by atoms with Crippen molar-refractivity contribution >= 4 is 12.0 Å². The molecular formula is C24H31N2O4+. The predicted octanol–water partition coefficient (Wildman–Crippen LogP) is 1.88. The van der Waals surface area contributed by atoms with E-state index >= 15 is 0 Å². The molecule has 2 N–H and O–H groups in total. The van der Waals surface area contributed by atoms with Crippen LogP contribution in [0.4, 0.5) is 0 Å². The van der Waals surface area contributed by atoms with Crippen molar-refractivity contribution in [1.29, 1.82) is 0 Å². The van der Waals surface area contributed by atoms with Crippen LogP contribution in [0.3, 0.4) is 0 Å². The Morgan fingerprint density at radius 1 is 1.17 bits per heavy atom. The van der Waals surface area contributed by atoms with Gasteiger partial charge in [-0.3, -0.25) is 4.79 Å². The van der Waals surface area contributed by atoms with Gasteiger partial charge in [-0.05, 0) is 30.2 Å². The van der Waals surface area contributed by atoms with Gasteiger partial charge in [0, 0.05) is 0 Å². The van der Waals surface area contributed by atoms with Gasteiger partial charge in [-0.2, -0.15) is 0 Å². The topological polar surface area (TPSA) is 61.2 Å². The van der Waals surface area contributed by atoms with Gasteiger partial charge in [-0.15, -0.1) is 0 Å². The molecule has 0 aliphatic carbocycles. The van der Waals surface area contributed by atoms with E-state index in [9.17, 15) is 4.79 Å². The van der Waals surface area contributed by atoms with E-state index in [4.69, 9.17) is 14.2 Å². The molecule has 2 aromatic rings. The van der Waals surface area contributed by atoms with Crippen LogP contribution >= 0.6 is 0 Å². The summed E-state index contributed by atoms with van der Waals surface area (Å²) in [5, 5.41) is 3.14. The van der Waals surface area contributed by atoms with E-state index in [2.05, 4.69) is 17.4 Å². The van der Waals surface area contributed by atoms with Crippen molar-refractivity contribution < 1.29 is 23.9 Å². The zero-order chi connectivity index (χ0) is 21.2. The van der Waals surface area contributed by atoms with Crippen LogP contribution in [-0.2, 0) is 9.53 Å². The standard InChI is InChI=1S/C24H30N2O4/c1-3-7-19-10-11-22(23(16-19)28-2)30-18-24(27)25-21(20-8-5-4-6-9-20)17-26-12-14-29-15-13-26/h3-11,16,21H,12-15,17-18H2,1-2H3,(H,25,27)/p+1/b7-3+/t21-/m0/s1. The lowest BCUT2D eigenvalue weighted by Gasteiger charge is -2.28. The molecule has 30 heavy (non-hydrogen) atoms. The van der Waals surface area contributed by atoms with Gasteiger partial charge in [-0.25, -0.2) is 0 Å². The number of benzene rings is 2. The van der Waals surface area contributed by atoms with E-state index < -0.39 is 0 Å². The molecule has 0 bridgehead atoms. The van der Waals surface area contributed by atoms with Crippen LogP contribution < -0.4 is 19.7 Å². The van der Waals surface area contributed by atoms with Crippen LogP contribution in [-0.4, -0.2) is 52.5 Å². The van der Waals surface area contributed by atoms with Gasteiger partial charge in [0.2, 0.25) is 0 Å². The summed E-state index contributed by atoms with van der Waals surface area (Å²) in [7, 11) is 1.60. The summed E-state index contributed by atoms with van der Waals surface area (Å²) in [5.74, 6) is 1.00. The third-order valence-corrected chi connectivity index (χ3v) is 5.14. The summed E-state index contributed by atoms with van der Waals surface area (Å²) in [6, 6.07) is 15.7. The Hall–Kier alpha value is -2.83. The van der Waals surface area contributed by atoms with Crippen molar-refractivity contribution in [2.45, 2.75) is 13.0 Å². The highest BCUT2D eigenvalue weighted by molar-refractivity contribution is 5.78. The molecule has 1 fully saturated rings. The number of morpholine rings is 1. The second kappa shape index (κ2) is 11.4. The molecule has 0 unspecified atom stereocenters. The maximum Gasteiger partial charge on any atom is 0.258 e. The first-order valence-electron chi connectivity index (χ1n) is 10.4. The Bertz CT molecular complexity index is 832. The van der Waals surface area contributed by atoms with Crippen LogP contribution in [0.25, 0.3) is 6.08 Å². The van der Waals surface area contributed by atoms with Gasteiger partial charge in [0.25, 0.3) is 5.91 Å². The largest absolute Gasteiger partial charge is 0.493 e. The molecule has 6 nitrogen and oxygen atoms in total. The first kappa shape index (κ1) is 21.9. The van der Waals surface area contributed by atoms with E-state index in [1.165, 1.54) is 4.90 Å². The van der Waals surface area contributed by atoms with Crippen molar-refractivity contribution in [3.63, 3.8) is 0 Å². The van der Waals surface area contributed by atoms with Crippen molar-refractivity contribution in [2.24, 2.45) is 0 Å². The first-order valence-corrected chi connectivity index (χ1v) is 10.4. The number of nitrogens with one attached hydrogen (secondary N) is 2. The minimum absolute atomic E-state index is 0.0684. The van der Waals surface area contributed by atoms with Gasteiger partial charge in [0.05, 0.1) is 20.3 Å². The lowest BCUT2D eigenvalue weighted by molar-refractivity contribution is -0.909. The molecule has 1 saturated heterocycles. The fourth-order valence-electron chi connectivity index (χ4n) is 3.57. The fourth-order valence-corrected chi connectivity index (χ4v) is 3.57. The zero-order valence-electron chi connectivity index (χ0n) is 17.7. The Morgan fingerprint density at radius 3 is 2.63 bits per heavy atom. The highest BCUT2D eigenvalue weighted by Gasteiger charge is 2.23. The van der Waals surface area contributed by atoms with Gasteiger partial charge < -0.3 is 24.4 Å². The quantitative estimate of drug-likeness (QED) is 0.662. The number of methoxy groups -OCH3 is 1. The number of amides is 1. The Labute approximate surface area is 178 Å². The Balaban J connectivity index is 1.62. The van der Waals surface area contributed by atoms with Crippen LogP contribution in [0.5, 0.6) is 11.5 Å².